The molecule has 4 aromatic rings. The molecule has 3 N–H and O–H groups in total. The van der Waals surface area contributed by atoms with E-state index in [1.165, 1.54) is 43.5 Å². The third kappa shape index (κ3) is 6.25. The van der Waals surface area contributed by atoms with Crippen molar-refractivity contribution >= 4 is 35.1 Å². The zero-order chi connectivity index (χ0) is 27.3. The largest absolute Gasteiger partial charge is 0.478 e. The van der Waals surface area contributed by atoms with Crippen LogP contribution in [-0.4, -0.2) is 53.7 Å². The third-order valence-corrected chi connectivity index (χ3v) is 5.11. The Kier molecular flexibility index (Phi) is 8.16. The molecule has 0 atom stereocenters. The molecular formula is C21H14Cl2N6O8. The molecule has 0 aliphatic rings. The minimum Gasteiger partial charge on any atom is -0.478 e. The first kappa shape index (κ1) is 26.8. The van der Waals surface area contributed by atoms with Gasteiger partial charge in [0.05, 0.1) is 39.7 Å². The van der Waals surface area contributed by atoms with Crippen molar-refractivity contribution in [3.63, 3.8) is 0 Å². The van der Waals surface area contributed by atoms with Crippen molar-refractivity contribution in [2.45, 2.75) is 0 Å². The number of methoxy groups -OCH3 is 1. The van der Waals surface area contributed by atoms with Gasteiger partial charge in [0.1, 0.15) is 12.4 Å². The molecule has 2 aromatic carbocycles. The Labute approximate surface area is 214 Å². The molecule has 0 fully saturated rings. The van der Waals surface area contributed by atoms with Gasteiger partial charge in [-0.05, 0) is 36.4 Å². The van der Waals surface area contributed by atoms with Gasteiger partial charge in [-0.2, -0.15) is 19.6 Å². The zero-order valence-corrected chi connectivity index (χ0v) is 20.0. The second-order valence-electron chi connectivity index (χ2n) is 6.83. The number of esters is 1. The summed E-state index contributed by atoms with van der Waals surface area (Å²) in [6.07, 6.45) is 1.87. The smallest absolute Gasteiger partial charge is 0.349 e. The number of halogens is 2. The predicted octanol–water partition coefficient (Wildman–Crippen LogP) is 0.633. The summed E-state index contributed by atoms with van der Waals surface area (Å²) in [7, 11) is 1.22. The van der Waals surface area contributed by atoms with Crippen LogP contribution in [0, 0.1) is 0 Å². The Hall–Kier alpha value is -4.82. The lowest BCUT2D eigenvalue weighted by Crippen LogP contribution is -2.30. The number of aromatic amines is 2. The molecule has 0 bridgehead atoms. The summed E-state index contributed by atoms with van der Waals surface area (Å²) in [6, 6.07) is 8.21. The molecule has 0 amide bonds. The third-order valence-electron chi connectivity index (χ3n) is 4.45. The van der Waals surface area contributed by atoms with E-state index in [2.05, 4.69) is 19.9 Å². The van der Waals surface area contributed by atoms with Crippen LogP contribution >= 0.6 is 23.2 Å². The lowest BCUT2D eigenvalue weighted by molar-refractivity contribution is 0.0600. The van der Waals surface area contributed by atoms with Crippen LogP contribution in [0.4, 0.5) is 0 Å². The SMILES string of the molecule is COC(=O)c1cc(-n2ncc(=O)[nH]c2=O)ccc1Cl.O=C(O)c1cc(-n2ncc(=O)[nH]c2=O)ccc1Cl. The van der Waals surface area contributed by atoms with Gasteiger partial charge in [-0.3, -0.25) is 19.6 Å². The normalized spacial score (nSPS) is 10.2. The number of H-pyrrole nitrogens is 2. The number of rotatable bonds is 4. The first-order valence-corrected chi connectivity index (χ1v) is 10.6. The van der Waals surface area contributed by atoms with Crippen LogP contribution in [0.25, 0.3) is 11.4 Å². The summed E-state index contributed by atoms with van der Waals surface area (Å²) in [5, 5.41) is 16.4. The standard InChI is InChI=1S/C11H8ClN3O4.C10H6ClN3O4/c1-19-10(17)7-4-6(2-3-8(7)12)15-11(18)14-9(16)5-13-15;11-7-2-1-5(3-6(7)9(16)17)14-10(18)13-8(15)4-12-14/h2-5H,1H3,(H,14,16,18);1-4H,(H,16,17)(H,13,15,18). The number of aromatic carboxylic acids is 1. The Morgan fingerprint density at radius 3 is 1.65 bits per heavy atom. The van der Waals surface area contributed by atoms with Gasteiger partial charge >= 0.3 is 23.3 Å². The van der Waals surface area contributed by atoms with Gasteiger partial charge in [-0.1, -0.05) is 23.2 Å². The van der Waals surface area contributed by atoms with E-state index in [1.807, 2.05) is 4.98 Å². The van der Waals surface area contributed by atoms with Crippen LogP contribution in [0.15, 0.2) is 68.0 Å². The van der Waals surface area contributed by atoms with Gasteiger partial charge in [0.2, 0.25) is 0 Å². The number of nitrogens with zero attached hydrogens (tertiary/aromatic N) is 4. The quantitative estimate of drug-likeness (QED) is 0.304. The Morgan fingerprint density at radius 1 is 0.811 bits per heavy atom. The number of carbonyl (C=O) groups is 2. The summed E-state index contributed by atoms with van der Waals surface area (Å²) >= 11 is 11.6. The Balaban J connectivity index is 0.000000206. The number of hydrogen-bond acceptors (Lipinski definition) is 9. The fourth-order valence-corrected chi connectivity index (χ4v) is 3.19. The van der Waals surface area contributed by atoms with E-state index in [-0.39, 0.29) is 32.5 Å². The summed E-state index contributed by atoms with van der Waals surface area (Å²) in [5.41, 5.74) is -2.31. The van der Waals surface area contributed by atoms with Gasteiger partial charge < -0.3 is 9.84 Å². The molecule has 2 heterocycles. The minimum atomic E-state index is -1.22. The van der Waals surface area contributed by atoms with Crippen molar-refractivity contribution in [3.05, 3.63) is 112 Å². The summed E-state index contributed by atoms with van der Waals surface area (Å²) < 4.78 is 6.37. The highest BCUT2D eigenvalue weighted by atomic mass is 35.5. The number of benzene rings is 2. The van der Waals surface area contributed by atoms with Crippen LogP contribution in [0.1, 0.15) is 20.7 Å². The van der Waals surface area contributed by atoms with Crippen LogP contribution < -0.4 is 22.5 Å². The molecule has 0 saturated carbocycles. The predicted molar refractivity (Wildman–Crippen MR) is 129 cm³/mol. The van der Waals surface area contributed by atoms with Gasteiger partial charge in [-0.25, -0.2) is 19.2 Å². The lowest BCUT2D eigenvalue weighted by Gasteiger charge is -2.06. The van der Waals surface area contributed by atoms with E-state index in [4.69, 9.17) is 28.3 Å². The molecule has 0 saturated heterocycles. The van der Waals surface area contributed by atoms with Crippen molar-refractivity contribution < 1.29 is 19.4 Å². The van der Waals surface area contributed by atoms with Crippen LogP contribution in [0.5, 0.6) is 0 Å². The molecule has 2 aromatic heterocycles. The van der Waals surface area contributed by atoms with Crippen LogP contribution in [0.3, 0.4) is 0 Å². The van der Waals surface area contributed by atoms with E-state index < -0.39 is 34.4 Å². The molecule has 0 unspecified atom stereocenters. The maximum Gasteiger partial charge on any atom is 0.349 e. The topological polar surface area (TPSA) is 199 Å². The van der Waals surface area contributed by atoms with Crippen molar-refractivity contribution in [1.82, 2.24) is 29.5 Å². The fraction of sp³-hybridized carbons (Fsp3) is 0.0476. The molecular weight excluding hydrogens is 535 g/mol. The first-order valence-electron chi connectivity index (χ1n) is 9.80. The first-order chi connectivity index (χ1) is 17.5. The molecule has 16 heteroatoms. The molecule has 4 rings (SSSR count). The number of ether oxygens (including phenoxy) is 1. The number of carboxylic acids is 1. The Bertz CT molecular complexity index is 1740. The van der Waals surface area contributed by atoms with E-state index in [9.17, 15) is 28.8 Å². The zero-order valence-electron chi connectivity index (χ0n) is 18.5. The van der Waals surface area contributed by atoms with E-state index in [0.29, 0.717) is 0 Å². The lowest BCUT2D eigenvalue weighted by atomic mass is 10.2. The average molecular weight is 549 g/mol. The number of nitrogens with one attached hydrogen (secondary N) is 2. The van der Waals surface area contributed by atoms with Gasteiger partial charge in [-0.15, -0.1) is 0 Å². The summed E-state index contributed by atoms with van der Waals surface area (Å²) in [5.74, 6) is -1.86. The van der Waals surface area contributed by atoms with Crippen molar-refractivity contribution in [3.8, 4) is 11.4 Å². The molecule has 0 spiro atoms. The van der Waals surface area contributed by atoms with E-state index >= 15 is 0 Å². The summed E-state index contributed by atoms with van der Waals surface area (Å²) in [6.45, 7) is 0. The van der Waals surface area contributed by atoms with E-state index in [0.717, 1.165) is 21.8 Å². The molecule has 14 nitrogen and oxygen atoms in total. The van der Waals surface area contributed by atoms with Crippen molar-refractivity contribution in [2.75, 3.05) is 7.11 Å². The fourth-order valence-electron chi connectivity index (χ4n) is 2.79. The number of carboxylic acid groups (broad SMARTS) is 1. The second-order valence-corrected chi connectivity index (χ2v) is 7.64. The highest BCUT2D eigenvalue weighted by Crippen LogP contribution is 2.20. The number of aromatic nitrogens is 6. The number of carbonyl (C=O) groups excluding carboxylic acids is 1. The maximum atomic E-state index is 11.6. The molecule has 190 valence electrons. The average Bonchev–Trinajstić information content (AvgIpc) is 2.85. The monoisotopic (exact) mass is 548 g/mol. The Morgan fingerprint density at radius 2 is 1.24 bits per heavy atom. The maximum absolute atomic E-state index is 11.6. The van der Waals surface area contributed by atoms with Crippen LogP contribution in [0.2, 0.25) is 10.0 Å². The highest BCUT2D eigenvalue weighted by molar-refractivity contribution is 6.34. The van der Waals surface area contributed by atoms with Gasteiger partial charge in [0.25, 0.3) is 11.1 Å². The summed E-state index contributed by atoms with van der Waals surface area (Å²) in [4.78, 5) is 71.3. The van der Waals surface area contributed by atoms with Crippen molar-refractivity contribution in [2.24, 2.45) is 0 Å². The number of hydrogen-bond donors (Lipinski definition) is 3. The minimum absolute atomic E-state index is 0.0451. The molecule has 0 aliphatic carbocycles. The molecule has 0 radical (unpaired) electrons. The van der Waals surface area contributed by atoms with Gasteiger partial charge in [0.15, 0.2) is 0 Å². The van der Waals surface area contributed by atoms with E-state index in [1.54, 1.807) is 0 Å². The molecule has 37 heavy (non-hydrogen) atoms. The second kappa shape index (κ2) is 11.3. The van der Waals surface area contributed by atoms with Crippen LogP contribution in [-0.2, 0) is 4.74 Å². The van der Waals surface area contributed by atoms with Gasteiger partial charge in [0, 0.05) is 0 Å². The highest BCUT2D eigenvalue weighted by Gasteiger charge is 2.13. The molecule has 0 aliphatic heterocycles. The van der Waals surface area contributed by atoms with Crippen molar-refractivity contribution in [1.29, 1.82) is 0 Å².